The maximum absolute atomic E-state index is 13.3. The second-order valence-corrected chi connectivity index (χ2v) is 5.28. The van der Waals surface area contributed by atoms with E-state index in [1.807, 2.05) is 0 Å². The Bertz CT molecular complexity index is 592. The number of halogens is 3. The van der Waals surface area contributed by atoms with Gasteiger partial charge in [0.15, 0.2) is 0 Å². The van der Waals surface area contributed by atoms with Crippen molar-refractivity contribution < 1.29 is 37.4 Å². The predicted octanol–water partition coefficient (Wildman–Crippen LogP) is 2.04. The molecule has 1 aliphatic heterocycles. The topological polar surface area (TPSA) is 68.2 Å². The molecule has 0 aromatic heterocycles. The van der Waals surface area contributed by atoms with Crippen LogP contribution in [0.1, 0.15) is 18.5 Å². The molecule has 9 heteroatoms. The number of esters is 1. The zero-order chi connectivity index (χ0) is 18.1. The lowest BCUT2D eigenvalue weighted by molar-refractivity contribution is -0.400. The summed E-state index contributed by atoms with van der Waals surface area (Å²) < 4.78 is 49.8. The lowest BCUT2D eigenvalue weighted by atomic mass is 9.87. The second kappa shape index (κ2) is 6.58. The quantitative estimate of drug-likeness (QED) is 0.839. The highest BCUT2D eigenvalue weighted by Gasteiger charge is 2.71. The van der Waals surface area contributed by atoms with Crippen molar-refractivity contribution in [3.8, 4) is 5.75 Å². The third kappa shape index (κ3) is 3.06. The Hall–Kier alpha value is -1.84. The number of benzene rings is 1. The Balaban J connectivity index is 2.48. The first-order valence-electron chi connectivity index (χ1n) is 7.17. The van der Waals surface area contributed by atoms with Crippen LogP contribution in [-0.4, -0.2) is 48.9 Å². The molecule has 1 aromatic rings. The Morgan fingerprint density at radius 1 is 1.38 bits per heavy atom. The van der Waals surface area contributed by atoms with Crippen molar-refractivity contribution in [3.63, 3.8) is 0 Å². The average Bonchev–Trinajstić information content (AvgIpc) is 2.79. The first kappa shape index (κ1) is 18.5. The normalized spacial score (nSPS) is 28.0. The fraction of sp³-hybridized carbons (Fsp3) is 0.533. The largest absolute Gasteiger partial charge is 0.497 e. The molecule has 0 radical (unpaired) electrons. The summed E-state index contributed by atoms with van der Waals surface area (Å²) in [6.45, 7) is 1.34. The van der Waals surface area contributed by atoms with Gasteiger partial charge < -0.3 is 14.6 Å². The number of hydrogen-bond acceptors (Lipinski definition) is 6. The standard InChI is InChI=1S/C15H18F3NO5/c1-4-23-13(20)11-12(9-5-7-10(22-3)8-6-9)19(2)24-14(11,21)15(16,17)18/h5-8,11-12,21H,4H2,1-3H3/t11-,12+,14+/m1/s1. The fourth-order valence-corrected chi connectivity index (χ4v) is 2.71. The number of hydrogen-bond donors (Lipinski definition) is 1. The van der Waals surface area contributed by atoms with E-state index in [1.54, 1.807) is 0 Å². The van der Waals surface area contributed by atoms with E-state index < -0.39 is 29.9 Å². The zero-order valence-electron chi connectivity index (χ0n) is 13.3. The molecule has 1 saturated heterocycles. The van der Waals surface area contributed by atoms with Crippen LogP contribution < -0.4 is 4.74 Å². The molecule has 6 nitrogen and oxygen atoms in total. The summed E-state index contributed by atoms with van der Waals surface area (Å²) in [5.74, 6) is -6.35. The van der Waals surface area contributed by atoms with Gasteiger partial charge in [-0.15, -0.1) is 0 Å². The van der Waals surface area contributed by atoms with E-state index in [2.05, 4.69) is 4.84 Å². The molecule has 0 saturated carbocycles. The van der Waals surface area contributed by atoms with Crippen LogP contribution in [0.4, 0.5) is 13.2 Å². The lowest BCUT2D eigenvalue weighted by Crippen LogP contribution is -2.53. The number of aliphatic hydroxyl groups is 1. The number of carbonyl (C=O) groups excluding carboxylic acids is 1. The molecule has 0 amide bonds. The van der Waals surface area contributed by atoms with Gasteiger partial charge in [-0.05, 0) is 24.6 Å². The number of ether oxygens (including phenoxy) is 2. The molecule has 0 spiro atoms. The summed E-state index contributed by atoms with van der Waals surface area (Å²) in [6, 6.07) is 4.89. The Morgan fingerprint density at radius 2 is 1.96 bits per heavy atom. The summed E-state index contributed by atoms with van der Waals surface area (Å²) in [6.07, 6.45) is -5.18. The molecule has 1 fully saturated rings. The molecule has 134 valence electrons. The van der Waals surface area contributed by atoms with Crippen molar-refractivity contribution >= 4 is 5.97 Å². The number of alkyl halides is 3. The van der Waals surface area contributed by atoms with Gasteiger partial charge in [0.2, 0.25) is 0 Å². The van der Waals surface area contributed by atoms with E-state index in [9.17, 15) is 23.1 Å². The summed E-state index contributed by atoms with van der Waals surface area (Å²) in [5.41, 5.74) is 0.344. The monoisotopic (exact) mass is 349 g/mol. The van der Waals surface area contributed by atoms with Crippen molar-refractivity contribution in [2.24, 2.45) is 5.92 Å². The molecule has 0 bridgehead atoms. The highest BCUT2D eigenvalue weighted by Crippen LogP contribution is 2.51. The smallest absolute Gasteiger partial charge is 0.445 e. The molecule has 1 aromatic carbocycles. The molecule has 2 rings (SSSR count). The van der Waals surface area contributed by atoms with Gasteiger partial charge in [-0.25, -0.2) is 0 Å². The van der Waals surface area contributed by atoms with Crippen molar-refractivity contribution in [2.75, 3.05) is 20.8 Å². The number of methoxy groups -OCH3 is 1. The third-order valence-corrected chi connectivity index (χ3v) is 3.82. The summed E-state index contributed by atoms with van der Waals surface area (Å²) in [4.78, 5) is 16.8. The van der Waals surface area contributed by atoms with E-state index in [-0.39, 0.29) is 6.61 Å². The van der Waals surface area contributed by atoms with Gasteiger partial charge in [-0.2, -0.15) is 18.2 Å². The van der Waals surface area contributed by atoms with Gasteiger partial charge in [0.05, 0.1) is 19.8 Å². The third-order valence-electron chi connectivity index (χ3n) is 3.82. The molecule has 0 unspecified atom stereocenters. The van der Waals surface area contributed by atoms with Crippen LogP contribution in [0.25, 0.3) is 0 Å². The fourth-order valence-electron chi connectivity index (χ4n) is 2.71. The molecule has 3 atom stereocenters. The van der Waals surface area contributed by atoms with Crippen molar-refractivity contribution in [3.05, 3.63) is 29.8 Å². The van der Waals surface area contributed by atoms with Crippen LogP contribution in [0.2, 0.25) is 0 Å². The van der Waals surface area contributed by atoms with E-state index in [0.717, 1.165) is 5.06 Å². The van der Waals surface area contributed by atoms with Gasteiger partial charge in [0, 0.05) is 7.05 Å². The highest BCUT2D eigenvalue weighted by molar-refractivity contribution is 5.75. The Morgan fingerprint density at radius 3 is 2.42 bits per heavy atom. The minimum Gasteiger partial charge on any atom is -0.497 e. The van der Waals surface area contributed by atoms with E-state index in [4.69, 9.17) is 9.47 Å². The average molecular weight is 349 g/mol. The predicted molar refractivity (Wildman–Crippen MR) is 75.7 cm³/mol. The van der Waals surface area contributed by atoms with Crippen molar-refractivity contribution in [1.82, 2.24) is 5.06 Å². The Kier molecular flexibility index (Phi) is 5.07. The highest BCUT2D eigenvalue weighted by atomic mass is 19.4. The van der Waals surface area contributed by atoms with E-state index in [1.165, 1.54) is 45.3 Å². The SMILES string of the molecule is CCOC(=O)[C@H]1[C@H](c2ccc(OC)cc2)N(C)O[C@]1(O)C(F)(F)F. The van der Waals surface area contributed by atoms with Crippen LogP contribution in [-0.2, 0) is 14.4 Å². The molecule has 1 N–H and O–H groups in total. The summed E-state index contributed by atoms with van der Waals surface area (Å²) >= 11 is 0. The van der Waals surface area contributed by atoms with Crippen LogP contribution in [0, 0.1) is 5.92 Å². The minimum atomic E-state index is -5.18. The molecular formula is C15H18F3NO5. The number of carbonyl (C=O) groups is 1. The van der Waals surface area contributed by atoms with Crippen LogP contribution in [0.5, 0.6) is 5.75 Å². The zero-order valence-corrected chi connectivity index (χ0v) is 13.3. The van der Waals surface area contributed by atoms with Crippen LogP contribution in [0.3, 0.4) is 0 Å². The van der Waals surface area contributed by atoms with Crippen LogP contribution in [0.15, 0.2) is 24.3 Å². The summed E-state index contributed by atoms with van der Waals surface area (Å²) in [5, 5.41) is 10.9. The van der Waals surface area contributed by atoms with E-state index in [0.29, 0.717) is 11.3 Å². The van der Waals surface area contributed by atoms with Crippen LogP contribution >= 0.6 is 0 Å². The van der Waals surface area contributed by atoms with Gasteiger partial charge in [-0.3, -0.25) is 9.63 Å². The molecule has 0 aliphatic carbocycles. The number of hydroxylamine groups is 2. The Labute approximate surface area is 136 Å². The van der Waals surface area contributed by atoms with Gasteiger partial charge in [-0.1, -0.05) is 12.1 Å². The van der Waals surface area contributed by atoms with Gasteiger partial charge >= 0.3 is 12.1 Å². The molecule has 1 aliphatic rings. The maximum Gasteiger partial charge on any atom is 0.445 e. The van der Waals surface area contributed by atoms with E-state index >= 15 is 0 Å². The van der Waals surface area contributed by atoms with Gasteiger partial charge in [0.1, 0.15) is 11.7 Å². The number of nitrogens with zero attached hydrogens (tertiary/aromatic N) is 1. The number of rotatable bonds is 4. The van der Waals surface area contributed by atoms with Gasteiger partial charge in [0.25, 0.3) is 5.79 Å². The minimum absolute atomic E-state index is 0.123. The molecule has 1 heterocycles. The lowest BCUT2D eigenvalue weighted by Gasteiger charge is -2.29. The van der Waals surface area contributed by atoms with Crippen molar-refractivity contribution in [1.29, 1.82) is 0 Å². The summed E-state index contributed by atoms with van der Waals surface area (Å²) in [7, 11) is 2.66. The second-order valence-electron chi connectivity index (χ2n) is 5.28. The van der Waals surface area contributed by atoms with Crippen molar-refractivity contribution in [2.45, 2.75) is 24.9 Å². The molecular weight excluding hydrogens is 331 g/mol. The maximum atomic E-state index is 13.3. The molecule has 24 heavy (non-hydrogen) atoms. The first-order valence-corrected chi connectivity index (χ1v) is 7.17. The first-order chi connectivity index (χ1) is 11.2.